The van der Waals surface area contributed by atoms with Crippen LogP contribution in [0.15, 0.2) is 71.5 Å². The molecule has 0 spiro atoms. The van der Waals surface area contributed by atoms with Gasteiger partial charge in [-0.1, -0.05) is 60.4 Å². The van der Waals surface area contributed by atoms with Gasteiger partial charge in [-0.25, -0.2) is 0 Å². The molecule has 37 heavy (non-hydrogen) atoms. The fourth-order valence-electron chi connectivity index (χ4n) is 5.45. The summed E-state index contributed by atoms with van der Waals surface area (Å²) in [5.74, 6) is 1.76. The molecule has 1 amide bonds. The van der Waals surface area contributed by atoms with Crippen LogP contribution in [0.1, 0.15) is 28.8 Å². The number of fused-ring (bicyclic) bond motifs is 5. The van der Waals surface area contributed by atoms with Crippen molar-refractivity contribution in [3.8, 4) is 11.5 Å². The third-order valence-corrected chi connectivity index (χ3v) is 8.84. The fourth-order valence-corrected chi connectivity index (χ4v) is 6.85. The van der Waals surface area contributed by atoms with E-state index in [0.29, 0.717) is 47.2 Å². The number of carbonyl (C=O) groups excluding carboxylic acids is 1. The van der Waals surface area contributed by atoms with Gasteiger partial charge >= 0.3 is 0 Å². The minimum atomic E-state index is -0.515. The second kappa shape index (κ2) is 10.2. The summed E-state index contributed by atoms with van der Waals surface area (Å²) in [6.07, 6.45) is 1.06. The van der Waals surface area contributed by atoms with Crippen LogP contribution in [0, 0.1) is 5.92 Å². The van der Waals surface area contributed by atoms with Gasteiger partial charge in [0, 0.05) is 49.1 Å². The van der Waals surface area contributed by atoms with Gasteiger partial charge < -0.3 is 24.3 Å². The van der Waals surface area contributed by atoms with E-state index in [1.807, 2.05) is 53.1 Å². The number of pyridine rings is 1. The van der Waals surface area contributed by atoms with Crippen molar-refractivity contribution in [1.29, 1.82) is 0 Å². The molecule has 190 valence electrons. The number of hydrogen-bond acceptors (Lipinski definition) is 6. The Bertz CT molecular complexity index is 1390. The Hall–Kier alpha value is -3.30. The van der Waals surface area contributed by atoms with E-state index in [1.165, 1.54) is 11.8 Å². The van der Waals surface area contributed by atoms with Crippen LogP contribution in [-0.4, -0.2) is 46.0 Å². The number of ether oxygens (including phenoxy) is 2. The van der Waals surface area contributed by atoms with Gasteiger partial charge in [0.05, 0.1) is 0 Å². The Morgan fingerprint density at radius 2 is 1.78 bits per heavy atom. The molecule has 0 saturated carbocycles. The molecular formula is C28H27N3O4S2. The van der Waals surface area contributed by atoms with Gasteiger partial charge in [0.25, 0.3) is 5.56 Å². The molecule has 1 saturated heterocycles. The summed E-state index contributed by atoms with van der Waals surface area (Å²) in [6, 6.07) is 20.7. The smallest absolute Gasteiger partial charge is 0.250 e. The van der Waals surface area contributed by atoms with Crippen LogP contribution < -0.4 is 20.3 Å². The Balaban J connectivity index is 1.20. The fraction of sp³-hybridized carbons (Fsp3) is 0.321. The van der Waals surface area contributed by atoms with Crippen molar-refractivity contribution in [2.45, 2.75) is 24.1 Å². The topological polar surface area (TPSA) is 72.8 Å². The molecule has 0 radical (unpaired) electrons. The number of benzene rings is 2. The lowest BCUT2D eigenvalue weighted by Crippen LogP contribution is -2.48. The van der Waals surface area contributed by atoms with Gasteiger partial charge in [-0.15, -0.1) is 0 Å². The molecule has 1 aromatic heterocycles. The molecule has 3 aromatic rings. The lowest BCUT2D eigenvalue weighted by Gasteiger charge is -2.43. The highest BCUT2D eigenvalue weighted by Gasteiger charge is 2.36. The maximum atomic E-state index is 13.6. The summed E-state index contributed by atoms with van der Waals surface area (Å²) < 4.78 is 13.9. The molecule has 1 N–H and O–H groups in total. The molecule has 2 aromatic carbocycles. The minimum absolute atomic E-state index is 0.0672. The number of piperidine rings is 1. The molecule has 1 fully saturated rings. The van der Waals surface area contributed by atoms with E-state index >= 15 is 0 Å². The van der Waals surface area contributed by atoms with Crippen molar-refractivity contribution in [3.63, 3.8) is 0 Å². The predicted octanol–water partition coefficient (Wildman–Crippen LogP) is 4.44. The first kappa shape index (κ1) is 24.1. The first-order chi connectivity index (χ1) is 18.0. The Morgan fingerprint density at radius 1 is 0.973 bits per heavy atom. The van der Waals surface area contributed by atoms with Gasteiger partial charge in [0.2, 0.25) is 5.91 Å². The monoisotopic (exact) mass is 533 g/mol. The van der Waals surface area contributed by atoms with Crippen LogP contribution in [0.3, 0.4) is 0 Å². The molecule has 9 heteroatoms. The average molecular weight is 534 g/mol. The van der Waals surface area contributed by atoms with Gasteiger partial charge in [0.1, 0.15) is 22.8 Å². The van der Waals surface area contributed by atoms with Crippen LogP contribution in [-0.2, 0) is 11.3 Å². The molecule has 3 aliphatic heterocycles. The van der Waals surface area contributed by atoms with Crippen molar-refractivity contribution in [2.24, 2.45) is 5.92 Å². The number of carbonyl (C=O) groups is 1. The van der Waals surface area contributed by atoms with Gasteiger partial charge in [-0.2, -0.15) is 0 Å². The summed E-state index contributed by atoms with van der Waals surface area (Å²) in [7, 11) is 0. The first-order valence-corrected chi connectivity index (χ1v) is 13.7. The Kier molecular flexibility index (Phi) is 6.65. The van der Waals surface area contributed by atoms with E-state index in [4.69, 9.17) is 21.7 Å². The number of nitrogens with zero attached hydrogens (tertiary/aromatic N) is 2. The third kappa shape index (κ3) is 4.98. The maximum Gasteiger partial charge on any atom is 0.250 e. The standard InChI is InChI=1S/C28H27N3O4S2/c32-25-8-4-7-22-20-13-18(16-31(22)25)15-30(17-20)28(36)37-26(19-5-2-1-3-6-19)27(33)29-21-9-10-23-24(14-21)35-12-11-34-23/h1-10,14,18,20,26H,11-13,15-17H2,(H,29,33). The van der Waals surface area contributed by atoms with Crippen molar-refractivity contribution in [3.05, 3.63) is 88.3 Å². The number of anilines is 1. The Labute approximate surface area is 224 Å². The summed E-state index contributed by atoms with van der Waals surface area (Å²) in [5.41, 5.74) is 2.69. The summed E-state index contributed by atoms with van der Waals surface area (Å²) >= 11 is 7.32. The number of amides is 1. The number of thioether (sulfide) groups is 1. The third-order valence-electron chi connectivity index (χ3n) is 7.11. The molecule has 3 atom stereocenters. The highest BCUT2D eigenvalue weighted by molar-refractivity contribution is 8.23. The largest absolute Gasteiger partial charge is 0.486 e. The molecular weight excluding hydrogens is 506 g/mol. The Morgan fingerprint density at radius 3 is 2.62 bits per heavy atom. The number of nitrogens with one attached hydrogen (secondary N) is 1. The van der Waals surface area contributed by atoms with Crippen LogP contribution in [0.4, 0.5) is 5.69 Å². The van der Waals surface area contributed by atoms with E-state index in [9.17, 15) is 9.59 Å². The van der Waals surface area contributed by atoms with E-state index < -0.39 is 5.25 Å². The zero-order valence-corrected chi connectivity index (χ0v) is 21.8. The van der Waals surface area contributed by atoms with Crippen molar-refractivity contribution in [1.82, 2.24) is 9.47 Å². The van der Waals surface area contributed by atoms with Crippen molar-refractivity contribution >= 4 is 39.9 Å². The van der Waals surface area contributed by atoms with E-state index in [1.54, 1.807) is 12.1 Å². The molecule has 2 bridgehead atoms. The second-order valence-corrected chi connectivity index (χ2v) is 11.4. The lowest BCUT2D eigenvalue weighted by atomic mass is 9.83. The lowest BCUT2D eigenvalue weighted by molar-refractivity contribution is -0.115. The molecule has 7 nitrogen and oxygen atoms in total. The molecule has 6 rings (SSSR count). The predicted molar refractivity (Wildman–Crippen MR) is 149 cm³/mol. The molecule has 3 aliphatic rings. The molecule has 3 unspecified atom stereocenters. The van der Waals surface area contributed by atoms with Crippen LogP contribution in [0.25, 0.3) is 0 Å². The summed E-state index contributed by atoms with van der Waals surface area (Å²) in [4.78, 5) is 28.2. The number of aromatic nitrogens is 1. The number of likely N-dealkylation sites (tertiary alicyclic amines) is 1. The highest BCUT2D eigenvalue weighted by Crippen LogP contribution is 2.39. The van der Waals surface area contributed by atoms with Gasteiger partial charge in [-0.3, -0.25) is 9.59 Å². The normalized spacial score (nSPS) is 20.5. The minimum Gasteiger partial charge on any atom is -0.486 e. The average Bonchev–Trinajstić information content (AvgIpc) is 2.92. The van der Waals surface area contributed by atoms with Crippen molar-refractivity contribution < 1.29 is 14.3 Å². The second-order valence-electron chi connectivity index (χ2n) is 9.63. The summed E-state index contributed by atoms with van der Waals surface area (Å²) in [6.45, 7) is 3.25. The van der Waals surface area contributed by atoms with E-state index in [-0.39, 0.29) is 17.4 Å². The quantitative estimate of drug-likeness (QED) is 0.497. The molecule has 4 heterocycles. The van der Waals surface area contributed by atoms with Crippen LogP contribution >= 0.6 is 24.0 Å². The zero-order chi connectivity index (χ0) is 25.4. The van der Waals surface area contributed by atoms with Crippen molar-refractivity contribution in [2.75, 3.05) is 31.6 Å². The summed E-state index contributed by atoms with van der Waals surface area (Å²) in [5, 5.41) is 2.53. The van der Waals surface area contributed by atoms with E-state index in [2.05, 4.69) is 16.3 Å². The first-order valence-electron chi connectivity index (χ1n) is 12.5. The highest BCUT2D eigenvalue weighted by atomic mass is 32.2. The van der Waals surface area contributed by atoms with Gasteiger partial charge in [-0.05, 0) is 36.1 Å². The maximum absolute atomic E-state index is 13.6. The van der Waals surface area contributed by atoms with Crippen LogP contribution in [0.2, 0.25) is 0 Å². The van der Waals surface area contributed by atoms with E-state index in [0.717, 1.165) is 30.8 Å². The number of rotatable bonds is 4. The van der Waals surface area contributed by atoms with Crippen LogP contribution in [0.5, 0.6) is 11.5 Å². The zero-order valence-electron chi connectivity index (χ0n) is 20.2. The van der Waals surface area contributed by atoms with Gasteiger partial charge in [0.15, 0.2) is 11.5 Å². The molecule has 0 aliphatic carbocycles. The number of thiocarbonyl (C=S) groups is 1. The SMILES string of the molecule is O=C(Nc1ccc2c(c1)OCCO2)C(SC(=S)N1CC2CC(C1)c1cccc(=O)n1C2)c1ccccc1. The number of hydrogen-bond donors (Lipinski definition) is 1.